The molecule has 0 spiro atoms. The van der Waals surface area contributed by atoms with E-state index < -0.39 is 0 Å². The van der Waals surface area contributed by atoms with Gasteiger partial charge in [0, 0.05) is 26.2 Å². The number of piperazine rings is 1. The molecule has 1 aromatic rings. The maximum atomic E-state index is 13.2. The van der Waals surface area contributed by atoms with Crippen LogP contribution in [0.15, 0.2) is 30.0 Å². The highest BCUT2D eigenvalue weighted by Gasteiger charge is 2.41. The average molecular weight is 386 g/mol. The molecule has 1 fully saturated rings. The second kappa shape index (κ2) is 8.88. The Kier molecular flexibility index (Phi) is 6.52. The molecule has 0 unspecified atom stereocenters. The van der Waals surface area contributed by atoms with Gasteiger partial charge >= 0.3 is 0 Å². The van der Waals surface area contributed by atoms with Crippen molar-refractivity contribution >= 4 is 17.4 Å². The smallest absolute Gasteiger partial charge is 0.277 e. The number of benzene rings is 1. The van der Waals surface area contributed by atoms with Crippen LogP contribution in [0.3, 0.4) is 0 Å². The van der Waals surface area contributed by atoms with Crippen molar-refractivity contribution < 1.29 is 14.3 Å². The van der Waals surface area contributed by atoms with Gasteiger partial charge in [-0.05, 0) is 32.9 Å². The summed E-state index contributed by atoms with van der Waals surface area (Å²) in [5.41, 5.74) is 3.01. The molecule has 6 heteroatoms. The number of rotatable bonds is 7. The zero-order valence-corrected chi connectivity index (χ0v) is 17.4. The summed E-state index contributed by atoms with van der Waals surface area (Å²) in [5, 5.41) is 0. The first-order valence-electron chi connectivity index (χ1n) is 10.2. The monoisotopic (exact) mass is 385 g/mol. The van der Waals surface area contributed by atoms with Crippen LogP contribution in [0.5, 0.6) is 0 Å². The molecule has 0 atom stereocenters. The average Bonchev–Trinajstić information content (AvgIpc) is 2.93. The van der Waals surface area contributed by atoms with E-state index in [0.29, 0.717) is 17.9 Å². The molecular formula is C22H31N3O3. The molecule has 0 saturated carbocycles. The van der Waals surface area contributed by atoms with Gasteiger partial charge in [-0.25, -0.2) is 0 Å². The van der Waals surface area contributed by atoms with E-state index >= 15 is 0 Å². The van der Waals surface area contributed by atoms with Crippen LogP contribution in [0.25, 0.3) is 5.57 Å². The molecule has 152 valence electrons. The number of nitrogens with zero attached hydrogens (tertiary/aromatic N) is 3. The van der Waals surface area contributed by atoms with Crippen LogP contribution >= 0.6 is 0 Å². The molecule has 1 saturated heterocycles. The summed E-state index contributed by atoms with van der Waals surface area (Å²) in [6.45, 7) is 13.0. The van der Waals surface area contributed by atoms with Crippen LogP contribution in [-0.2, 0) is 14.3 Å². The van der Waals surface area contributed by atoms with Gasteiger partial charge < -0.3 is 14.5 Å². The summed E-state index contributed by atoms with van der Waals surface area (Å²) in [5.74, 6) is -0.410. The van der Waals surface area contributed by atoms with E-state index in [0.717, 1.165) is 43.9 Å². The maximum absolute atomic E-state index is 13.2. The summed E-state index contributed by atoms with van der Waals surface area (Å²) < 4.78 is 5.58. The van der Waals surface area contributed by atoms with E-state index in [1.807, 2.05) is 45.0 Å². The summed E-state index contributed by atoms with van der Waals surface area (Å²) in [4.78, 5) is 32.2. The molecule has 0 N–H and O–H groups in total. The van der Waals surface area contributed by atoms with Crippen molar-refractivity contribution in [1.82, 2.24) is 14.7 Å². The standard InChI is InChI=1S/C22H31N3O3/c1-5-23-10-12-24(13-11-23)20-19(18-8-6-17(4)7-9-18)21(26)25(22(20)27)14-15-28-16(2)3/h6-9,16H,5,10-15H2,1-4H3. The topological polar surface area (TPSA) is 53.1 Å². The first-order chi connectivity index (χ1) is 13.4. The van der Waals surface area contributed by atoms with Gasteiger partial charge in [0.1, 0.15) is 5.70 Å². The number of carbonyl (C=O) groups is 2. The van der Waals surface area contributed by atoms with Gasteiger partial charge in [0.25, 0.3) is 11.8 Å². The van der Waals surface area contributed by atoms with Gasteiger partial charge in [0.15, 0.2) is 0 Å². The van der Waals surface area contributed by atoms with Crippen molar-refractivity contribution in [3.8, 4) is 0 Å². The Morgan fingerprint density at radius 1 is 1.00 bits per heavy atom. The predicted molar refractivity (Wildman–Crippen MR) is 110 cm³/mol. The molecule has 0 radical (unpaired) electrons. The first-order valence-corrected chi connectivity index (χ1v) is 10.2. The van der Waals surface area contributed by atoms with Crippen molar-refractivity contribution in [3.63, 3.8) is 0 Å². The second-order valence-electron chi connectivity index (χ2n) is 7.69. The molecule has 6 nitrogen and oxygen atoms in total. The number of amides is 2. The lowest BCUT2D eigenvalue weighted by atomic mass is 10.0. The molecule has 0 bridgehead atoms. The SMILES string of the molecule is CCN1CCN(C2=C(c3ccc(C)cc3)C(=O)N(CCOC(C)C)C2=O)CC1. The molecule has 3 rings (SSSR count). The summed E-state index contributed by atoms with van der Waals surface area (Å²) in [6, 6.07) is 7.84. The normalized spacial score (nSPS) is 18.8. The molecule has 1 aromatic carbocycles. The zero-order chi connectivity index (χ0) is 20.3. The van der Waals surface area contributed by atoms with Crippen LogP contribution < -0.4 is 0 Å². The number of hydrogen-bond acceptors (Lipinski definition) is 5. The number of imide groups is 1. The molecule has 2 heterocycles. The lowest BCUT2D eigenvalue weighted by molar-refractivity contribution is -0.138. The summed E-state index contributed by atoms with van der Waals surface area (Å²) in [7, 11) is 0. The van der Waals surface area contributed by atoms with Gasteiger partial charge in [0.2, 0.25) is 0 Å². The number of hydrogen-bond donors (Lipinski definition) is 0. The number of ether oxygens (including phenoxy) is 1. The van der Waals surface area contributed by atoms with Crippen LogP contribution in [0, 0.1) is 6.92 Å². The minimum Gasteiger partial charge on any atom is -0.377 e. The molecule has 2 amide bonds. The molecule has 2 aliphatic heterocycles. The van der Waals surface area contributed by atoms with E-state index in [2.05, 4.69) is 16.7 Å². The first kappa shape index (κ1) is 20.6. The fourth-order valence-corrected chi connectivity index (χ4v) is 3.71. The highest BCUT2D eigenvalue weighted by Crippen LogP contribution is 2.32. The maximum Gasteiger partial charge on any atom is 0.277 e. The van der Waals surface area contributed by atoms with E-state index in [1.165, 1.54) is 4.90 Å². The highest BCUT2D eigenvalue weighted by molar-refractivity contribution is 6.35. The molecule has 2 aliphatic rings. The summed E-state index contributed by atoms with van der Waals surface area (Å²) >= 11 is 0. The van der Waals surface area contributed by atoms with Gasteiger partial charge in [0.05, 0.1) is 24.8 Å². The minimum absolute atomic E-state index is 0.0685. The third-order valence-corrected chi connectivity index (χ3v) is 5.39. The van der Waals surface area contributed by atoms with Gasteiger partial charge in [-0.15, -0.1) is 0 Å². The molecular weight excluding hydrogens is 354 g/mol. The van der Waals surface area contributed by atoms with Crippen LogP contribution in [0.4, 0.5) is 0 Å². The Bertz CT molecular complexity index is 747. The zero-order valence-electron chi connectivity index (χ0n) is 17.4. The Morgan fingerprint density at radius 3 is 2.21 bits per heavy atom. The van der Waals surface area contributed by atoms with Crippen molar-refractivity contribution in [2.24, 2.45) is 0 Å². The highest BCUT2D eigenvalue weighted by atomic mass is 16.5. The van der Waals surface area contributed by atoms with Crippen LogP contribution in [-0.4, -0.2) is 78.5 Å². The molecule has 28 heavy (non-hydrogen) atoms. The largest absolute Gasteiger partial charge is 0.377 e. The number of aryl methyl sites for hydroxylation is 1. The number of carbonyl (C=O) groups excluding carboxylic acids is 2. The molecule has 0 aliphatic carbocycles. The van der Waals surface area contributed by atoms with Crippen molar-refractivity contribution in [2.75, 3.05) is 45.9 Å². The fourth-order valence-electron chi connectivity index (χ4n) is 3.71. The quantitative estimate of drug-likeness (QED) is 0.673. The lowest BCUT2D eigenvalue weighted by Gasteiger charge is -2.36. The van der Waals surface area contributed by atoms with Gasteiger partial charge in [-0.3, -0.25) is 14.5 Å². The third kappa shape index (κ3) is 4.28. The van der Waals surface area contributed by atoms with Gasteiger partial charge in [-0.1, -0.05) is 36.8 Å². The van der Waals surface area contributed by atoms with Crippen LogP contribution in [0.1, 0.15) is 31.9 Å². The van der Waals surface area contributed by atoms with Gasteiger partial charge in [-0.2, -0.15) is 0 Å². The predicted octanol–water partition coefficient (Wildman–Crippen LogP) is 2.14. The van der Waals surface area contributed by atoms with E-state index in [-0.39, 0.29) is 24.5 Å². The van der Waals surface area contributed by atoms with Crippen molar-refractivity contribution in [3.05, 3.63) is 41.1 Å². The molecule has 0 aromatic heterocycles. The Hall–Kier alpha value is -2.18. The lowest BCUT2D eigenvalue weighted by Crippen LogP contribution is -2.47. The fraction of sp³-hybridized carbons (Fsp3) is 0.545. The third-order valence-electron chi connectivity index (χ3n) is 5.39. The van der Waals surface area contributed by atoms with Crippen LogP contribution in [0.2, 0.25) is 0 Å². The Balaban J connectivity index is 1.90. The van der Waals surface area contributed by atoms with E-state index in [9.17, 15) is 9.59 Å². The second-order valence-corrected chi connectivity index (χ2v) is 7.69. The van der Waals surface area contributed by atoms with Crippen molar-refractivity contribution in [1.29, 1.82) is 0 Å². The summed E-state index contributed by atoms with van der Waals surface area (Å²) in [6.07, 6.45) is 0.0685. The number of likely N-dealkylation sites (N-methyl/N-ethyl adjacent to an activating group) is 1. The Labute approximate surface area is 167 Å². The van der Waals surface area contributed by atoms with E-state index in [4.69, 9.17) is 4.74 Å². The Morgan fingerprint density at radius 2 is 1.64 bits per heavy atom. The minimum atomic E-state index is -0.214. The van der Waals surface area contributed by atoms with Crippen molar-refractivity contribution in [2.45, 2.75) is 33.8 Å². The van der Waals surface area contributed by atoms with E-state index in [1.54, 1.807) is 0 Å².